The summed E-state index contributed by atoms with van der Waals surface area (Å²) in [6.07, 6.45) is 0.376. The van der Waals surface area contributed by atoms with Crippen LogP contribution in [-0.2, 0) is 11.2 Å². The lowest BCUT2D eigenvalue weighted by molar-refractivity contribution is -0.138. The van der Waals surface area contributed by atoms with Gasteiger partial charge in [0, 0.05) is 5.56 Å². The summed E-state index contributed by atoms with van der Waals surface area (Å²) in [4.78, 5) is 11.9. The first-order chi connectivity index (χ1) is 11.4. The molecule has 2 rings (SSSR count). The van der Waals surface area contributed by atoms with Crippen LogP contribution in [0.5, 0.6) is 11.5 Å². The van der Waals surface area contributed by atoms with Gasteiger partial charge in [0.1, 0.15) is 11.5 Å². The van der Waals surface area contributed by atoms with Gasteiger partial charge in [-0.15, -0.1) is 0 Å². The smallest absolute Gasteiger partial charge is 0.311 e. The van der Waals surface area contributed by atoms with Crippen LogP contribution in [0, 0.1) is 6.92 Å². The van der Waals surface area contributed by atoms with Gasteiger partial charge in [0.25, 0.3) is 0 Å². The van der Waals surface area contributed by atoms with Crippen molar-refractivity contribution in [3.05, 3.63) is 59.2 Å². The van der Waals surface area contributed by atoms with Gasteiger partial charge in [-0.3, -0.25) is 4.79 Å². The largest absolute Gasteiger partial charge is 0.496 e. The molecule has 0 aliphatic heterocycles. The number of carboxylic acid groups (broad SMARTS) is 1. The van der Waals surface area contributed by atoms with Gasteiger partial charge in [-0.25, -0.2) is 0 Å². The van der Waals surface area contributed by atoms with Crippen molar-refractivity contribution in [2.24, 2.45) is 0 Å². The van der Waals surface area contributed by atoms with Gasteiger partial charge in [0.2, 0.25) is 0 Å². The molecule has 0 amide bonds. The highest BCUT2D eigenvalue weighted by atomic mass is 16.5. The van der Waals surface area contributed by atoms with Crippen molar-refractivity contribution in [3.63, 3.8) is 0 Å². The minimum absolute atomic E-state index is 0.0305. The normalized spacial score (nSPS) is 12.0. The summed E-state index contributed by atoms with van der Waals surface area (Å²) in [5, 5.41) is 9.78. The lowest BCUT2D eigenvalue weighted by atomic mass is 9.90. The van der Waals surface area contributed by atoms with Crippen molar-refractivity contribution in [2.75, 3.05) is 7.11 Å². The SMILES string of the molecule is COc1ccc(C)cc1C(Cc1ccccc1OC(C)C)C(=O)O. The number of carboxylic acids is 1. The van der Waals surface area contributed by atoms with Crippen molar-refractivity contribution in [3.8, 4) is 11.5 Å². The molecule has 0 bridgehead atoms. The number of methoxy groups -OCH3 is 1. The van der Waals surface area contributed by atoms with Crippen LogP contribution in [0.2, 0.25) is 0 Å². The molecule has 0 aromatic heterocycles. The fourth-order valence-corrected chi connectivity index (χ4v) is 2.72. The Kier molecular flexibility index (Phi) is 5.85. The lowest BCUT2D eigenvalue weighted by Gasteiger charge is -2.19. The molecule has 1 N–H and O–H groups in total. The molecule has 0 aliphatic rings. The molecular weight excluding hydrogens is 304 g/mol. The highest BCUT2D eigenvalue weighted by molar-refractivity contribution is 5.78. The van der Waals surface area contributed by atoms with Gasteiger partial charge in [-0.05, 0) is 44.9 Å². The third-order valence-electron chi connectivity index (χ3n) is 3.82. The van der Waals surface area contributed by atoms with E-state index in [4.69, 9.17) is 9.47 Å². The van der Waals surface area contributed by atoms with E-state index < -0.39 is 11.9 Å². The number of ether oxygens (including phenoxy) is 2. The molecule has 128 valence electrons. The predicted octanol–water partition coefficient (Wildman–Crippen LogP) is 4.20. The van der Waals surface area contributed by atoms with Gasteiger partial charge >= 0.3 is 5.97 Å². The number of aryl methyl sites for hydroxylation is 1. The maximum Gasteiger partial charge on any atom is 0.311 e. The summed E-state index contributed by atoms with van der Waals surface area (Å²) in [5.41, 5.74) is 2.57. The molecule has 4 heteroatoms. The zero-order chi connectivity index (χ0) is 17.7. The molecule has 0 radical (unpaired) electrons. The summed E-state index contributed by atoms with van der Waals surface area (Å²) < 4.78 is 11.2. The predicted molar refractivity (Wildman–Crippen MR) is 94.0 cm³/mol. The van der Waals surface area contributed by atoms with Gasteiger partial charge in [0.15, 0.2) is 0 Å². The Morgan fingerprint density at radius 2 is 1.83 bits per heavy atom. The van der Waals surface area contributed by atoms with Crippen molar-refractivity contribution in [1.82, 2.24) is 0 Å². The van der Waals surface area contributed by atoms with Crippen LogP contribution in [0.15, 0.2) is 42.5 Å². The second-order valence-electron chi connectivity index (χ2n) is 6.11. The van der Waals surface area contributed by atoms with Crippen molar-refractivity contribution < 1.29 is 19.4 Å². The number of carbonyl (C=O) groups is 1. The minimum atomic E-state index is -0.877. The molecular formula is C20H24O4. The number of aliphatic carboxylic acids is 1. The summed E-state index contributed by atoms with van der Waals surface area (Å²) in [6.45, 7) is 5.85. The number of rotatable bonds is 7. The van der Waals surface area contributed by atoms with E-state index in [1.54, 1.807) is 7.11 Å². The molecule has 0 saturated carbocycles. The van der Waals surface area contributed by atoms with E-state index in [2.05, 4.69) is 0 Å². The molecule has 4 nitrogen and oxygen atoms in total. The number of benzene rings is 2. The van der Waals surface area contributed by atoms with E-state index >= 15 is 0 Å². The standard InChI is InChI=1S/C20H24O4/c1-13(2)24-18-8-6-5-7-15(18)12-17(20(21)22)16-11-14(3)9-10-19(16)23-4/h5-11,13,17H,12H2,1-4H3,(H,21,22). The Morgan fingerprint density at radius 1 is 1.12 bits per heavy atom. The maximum atomic E-state index is 11.9. The van der Waals surface area contributed by atoms with Gasteiger partial charge < -0.3 is 14.6 Å². The molecule has 0 aliphatic carbocycles. The second kappa shape index (κ2) is 7.86. The van der Waals surface area contributed by atoms with Crippen LogP contribution >= 0.6 is 0 Å². The summed E-state index contributed by atoms with van der Waals surface area (Å²) >= 11 is 0. The molecule has 0 saturated heterocycles. The van der Waals surface area contributed by atoms with Gasteiger partial charge in [-0.2, -0.15) is 0 Å². The molecule has 2 aromatic rings. The highest BCUT2D eigenvalue weighted by Gasteiger charge is 2.25. The van der Waals surface area contributed by atoms with E-state index in [0.29, 0.717) is 17.7 Å². The van der Waals surface area contributed by atoms with Crippen LogP contribution < -0.4 is 9.47 Å². The Labute approximate surface area is 143 Å². The third kappa shape index (κ3) is 4.28. The summed E-state index contributed by atoms with van der Waals surface area (Å²) in [7, 11) is 1.56. The Morgan fingerprint density at radius 3 is 2.46 bits per heavy atom. The molecule has 0 spiro atoms. The highest BCUT2D eigenvalue weighted by Crippen LogP contribution is 2.33. The zero-order valence-electron chi connectivity index (χ0n) is 14.6. The van der Waals surface area contributed by atoms with E-state index in [1.807, 2.05) is 63.2 Å². The third-order valence-corrected chi connectivity index (χ3v) is 3.82. The summed E-state index contributed by atoms with van der Waals surface area (Å²) in [5.74, 6) is -0.254. The zero-order valence-corrected chi connectivity index (χ0v) is 14.6. The Hall–Kier alpha value is -2.49. The Bertz CT molecular complexity index is 707. The lowest BCUT2D eigenvalue weighted by Crippen LogP contribution is -2.17. The topological polar surface area (TPSA) is 55.8 Å². The van der Waals surface area contributed by atoms with Crippen LogP contribution in [0.25, 0.3) is 0 Å². The average Bonchev–Trinajstić information content (AvgIpc) is 2.53. The molecule has 1 atom stereocenters. The van der Waals surface area contributed by atoms with E-state index in [0.717, 1.165) is 16.9 Å². The van der Waals surface area contributed by atoms with Crippen molar-refractivity contribution in [1.29, 1.82) is 0 Å². The first kappa shape index (κ1) is 17.9. The van der Waals surface area contributed by atoms with Crippen LogP contribution in [0.4, 0.5) is 0 Å². The van der Waals surface area contributed by atoms with E-state index in [9.17, 15) is 9.90 Å². The van der Waals surface area contributed by atoms with E-state index in [1.165, 1.54) is 0 Å². The quantitative estimate of drug-likeness (QED) is 0.827. The maximum absolute atomic E-state index is 11.9. The first-order valence-electron chi connectivity index (χ1n) is 8.04. The average molecular weight is 328 g/mol. The van der Waals surface area contributed by atoms with Crippen molar-refractivity contribution >= 4 is 5.97 Å². The van der Waals surface area contributed by atoms with Crippen LogP contribution in [0.3, 0.4) is 0 Å². The fourth-order valence-electron chi connectivity index (χ4n) is 2.72. The number of hydrogen-bond acceptors (Lipinski definition) is 3. The van der Waals surface area contributed by atoms with Crippen LogP contribution in [-0.4, -0.2) is 24.3 Å². The Balaban J connectivity index is 2.41. The molecule has 24 heavy (non-hydrogen) atoms. The van der Waals surface area contributed by atoms with Gasteiger partial charge in [-0.1, -0.05) is 35.9 Å². The molecule has 2 aromatic carbocycles. The van der Waals surface area contributed by atoms with Gasteiger partial charge in [0.05, 0.1) is 19.1 Å². The minimum Gasteiger partial charge on any atom is -0.496 e. The number of para-hydroxylation sites is 1. The molecule has 1 unspecified atom stereocenters. The number of hydrogen-bond donors (Lipinski definition) is 1. The first-order valence-corrected chi connectivity index (χ1v) is 8.04. The molecule has 0 heterocycles. The monoisotopic (exact) mass is 328 g/mol. The summed E-state index contributed by atoms with van der Waals surface area (Å²) in [6, 6.07) is 13.2. The molecule has 0 fully saturated rings. The van der Waals surface area contributed by atoms with Crippen LogP contribution in [0.1, 0.15) is 36.5 Å². The fraction of sp³-hybridized carbons (Fsp3) is 0.350. The van der Waals surface area contributed by atoms with E-state index in [-0.39, 0.29) is 6.10 Å². The van der Waals surface area contributed by atoms with Crippen molar-refractivity contribution in [2.45, 2.75) is 39.2 Å². The second-order valence-corrected chi connectivity index (χ2v) is 6.11.